The number of halogens is 2. The second-order valence-electron chi connectivity index (χ2n) is 7.19. The van der Waals surface area contributed by atoms with Crippen molar-refractivity contribution in [2.24, 2.45) is 5.92 Å². The molecular weight excluding hydrogens is 360 g/mol. The number of rotatable bonds is 3. The summed E-state index contributed by atoms with van der Waals surface area (Å²) in [7, 11) is 0. The molecule has 1 aromatic carbocycles. The van der Waals surface area contributed by atoms with E-state index in [1.165, 1.54) is 12.1 Å². The van der Waals surface area contributed by atoms with Crippen molar-refractivity contribution in [3.8, 4) is 0 Å². The van der Waals surface area contributed by atoms with Crippen LogP contribution in [0, 0.1) is 17.6 Å². The Morgan fingerprint density at radius 2 is 2.04 bits per heavy atom. The molecule has 1 aliphatic heterocycles. The van der Waals surface area contributed by atoms with Crippen molar-refractivity contribution >= 4 is 22.3 Å². The van der Waals surface area contributed by atoms with Crippen LogP contribution in [0.15, 0.2) is 52.8 Å². The lowest BCUT2D eigenvalue weighted by molar-refractivity contribution is 0.515. The first kappa shape index (κ1) is 18.1. The molecule has 0 fully saturated rings. The van der Waals surface area contributed by atoms with Crippen molar-refractivity contribution in [3.63, 3.8) is 0 Å². The highest BCUT2D eigenvalue weighted by Gasteiger charge is 2.25. The van der Waals surface area contributed by atoms with Gasteiger partial charge in [0, 0.05) is 34.7 Å². The van der Waals surface area contributed by atoms with Crippen LogP contribution in [0.25, 0.3) is 16.5 Å². The maximum Gasteiger partial charge on any atom is 0.248 e. The van der Waals surface area contributed by atoms with E-state index in [0.717, 1.165) is 28.7 Å². The Bertz CT molecular complexity index is 1220. The Labute approximate surface area is 160 Å². The molecule has 6 heteroatoms. The SMILES string of the molecule is CC1=C=C(C(C)C)N(Cc2cc(=O)[nH]c3c(F)c(F)ccc23)c2ncccc21. The van der Waals surface area contributed by atoms with Gasteiger partial charge < -0.3 is 9.88 Å². The maximum atomic E-state index is 14.2. The number of nitrogens with zero attached hydrogens (tertiary/aromatic N) is 2. The summed E-state index contributed by atoms with van der Waals surface area (Å²) in [6.07, 6.45) is 1.72. The molecule has 0 saturated carbocycles. The molecule has 0 amide bonds. The van der Waals surface area contributed by atoms with Gasteiger partial charge in [0.2, 0.25) is 5.56 Å². The first-order valence-electron chi connectivity index (χ1n) is 9.07. The number of nitrogens with one attached hydrogen (secondary N) is 1. The molecule has 4 rings (SSSR count). The number of fused-ring (bicyclic) bond motifs is 2. The van der Waals surface area contributed by atoms with Gasteiger partial charge >= 0.3 is 0 Å². The number of hydrogen-bond acceptors (Lipinski definition) is 3. The predicted molar refractivity (Wildman–Crippen MR) is 106 cm³/mol. The van der Waals surface area contributed by atoms with Crippen LogP contribution >= 0.6 is 0 Å². The molecule has 3 heterocycles. The summed E-state index contributed by atoms with van der Waals surface area (Å²) in [5.74, 6) is -1.12. The van der Waals surface area contributed by atoms with Gasteiger partial charge in [0.1, 0.15) is 5.82 Å². The van der Waals surface area contributed by atoms with Gasteiger partial charge in [-0.25, -0.2) is 13.8 Å². The number of anilines is 1. The van der Waals surface area contributed by atoms with Crippen LogP contribution in [-0.4, -0.2) is 9.97 Å². The number of pyridine rings is 2. The van der Waals surface area contributed by atoms with Crippen LogP contribution < -0.4 is 10.5 Å². The second-order valence-corrected chi connectivity index (χ2v) is 7.19. The predicted octanol–water partition coefficient (Wildman–Crippen LogP) is 4.76. The molecule has 4 nitrogen and oxygen atoms in total. The van der Waals surface area contributed by atoms with Crippen LogP contribution in [0.2, 0.25) is 0 Å². The van der Waals surface area contributed by atoms with E-state index < -0.39 is 17.2 Å². The normalized spacial score (nSPS) is 13.6. The van der Waals surface area contributed by atoms with Crippen molar-refractivity contribution in [2.45, 2.75) is 27.3 Å². The number of aromatic nitrogens is 2. The van der Waals surface area contributed by atoms with E-state index in [0.29, 0.717) is 17.5 Å². The number of benzene rings is 1. The van der Waals surface area contributed by atoms with Gasteiger partial charge in [0.15, 0.2) is 11.6 Å². The van der Waals surface area contributed by atoms with E-state index >= 15 is 0 Å². The molecule has 0 aliphatic carbocycles. The third kappa shape index (κ3) is 2.92. The summed E-state index contributed by atoms with van der Waals surface area (Å²) < 4.78 is 27.9. The van der Waals surface area contributed by atoms with Crippen LogP contribution in [0.4, 0.5) is 14.6 Å². The van der Waals surface area contributed by atoms with Crippen molar-refractivity contribution in [2.75, 3.05) is 4.90 Å². The summed E-state index contributed by atoms with van der Waals surface area (Å²) in [5.41, 5.74) is 6.29. The van der Waals surface area contributed by atoms with Crippen molar-refractivity contribution in [1.82, 2.24) is 9.97 Å². The number of aromatic amines is 1. The summed E-state index contributed by atoms with van der Waals surface area (Å²) in [6, 6.07) is 7.82. The summed E-state index contributed by atoms with van der Waals surface area (Å²) in [6.45, 7) is 6.40. The molecule has 0 atom stereocenters. The fraction of sp³-hybridized carbons (Fsp3) is 0.227. The molecule has 28 heavy (non-hydrogen) atoms. The van der Waals surface area contributed by atoms with Crippen molar-refractivity contribution in [1.29, 1.82) is 0 Å². The van der Waals surface area contributed by atoms with E-state index in [-0.39, 0.29) is 11.4 Å². The number of allylic oxidation sites excluding steroid dienone is 1. The highest BCUT2D eigenvalue weighted by atomic mass is 19.2. The molecule has 0 saturated heterocycles. The lowest BCUT2D eigenvalue weighted by Gasteiger charge is -2.32. The van der Waals surface area contributed by atoms with Crippen LogP contribution in [0.5, 0.6) is 0 Å². The minimum Gasteiger partial charge on any atom is -0.319 e. The van der Waals surface area contributed by atoms with E-state index in [2.05, 4.69) is 29.5 Å². The number of hydrogen-bond donors (Lipinski definition) is 1. The molecule has 0 radical (unpaired) electrons. The molecule has 142 valence electrons. The lowest BCUT2D eigenvalue weighted by Crippen LogP contribution is -2.29. The molecule has 0 bridgehead atoms. The van der Waals surface area contributed by atoms with Crippen LogP contribution in [0.1, 0.15) is 31.9 Å². The largest absolute Gasteiger partial charge is 0.319 e. The van der Waals surface area contributed by atoms with Gasteiger partial charge in [-0.3, -0.25) is 4.79 Å². The summed E-state index contributed by atoms with van der Waals surface area (Å²) in [4.78, 5) is 21.0. The van der Waals surface area contributed by atoms with Crippen LogP contribution in [-0.2, 0) is 6.54 Å². The first-order chi connectivity index (χ1) is 13.4. The lowest BCUT2D eigenvalue weighted by atomic mass is 9.99. The molecule has 1 N–H and O–H groups in total. The zero-order chi connectivity index (χ0) is 20.0. The molecular formula is C22H19F2N3O. The molecule has 3 aromatic rings. The van der Waals surface area contributed by atoms with Crippen molar-refractivity contribution < 1.29 is 8.78 Å². The van der Waals surface area contributed by atoms with Gasteiger partial charge in [-0.05, 0) is 36.8 Å². The molecule has 0 spiro atoms. The van der Waals surface area contributed by atoms with Gasteiger partial charge in [0.05, 0.1) is 17.8 Å². The molecule has 0 unspecified atom stereocenters. The standard InChI is InChI=1S/C22H19F2N3O/c1-12(2)18-9-13(3)15-5-4-8-25-22(15)27(18)11-14-10-19(28)26-21-16(14)6-7-17(23)20(21)24/h4-8,10,12H,11H2,1-3H3,(H,26,28). The van der Waals surface area contributed by atoms with E-state index in [4.69, 9.17) is 0 Å². The average Bonchev–Trinajstić information content (AvgIpc) is 2.67. The third-order valence-electron chi connectivity index (χ3n) is 4.92. The first-order valence-corrected chi connectivity index (χ1v) is 9.07. The zero-order valence-electron chi connectivity index (χ0n) is 15.8. The summed E-state index contributed by atoms with van der Waals surface area (Å²) >= 11 is 0. The van der Waals surface area contributed by atoms with E-state index in [9.17, 15) is 13.6 Å². The maximum absolute atomic E-state index is 14.2. The topological polar surface area (TPSA) is 49.0 Å². The van der Waals surface area contributed by atoms with Gasteiger partial charge in [0.25, 0.3) is 0 Å². The highest BCUT2D eigenvalue weighted by molar-refractivity contribution is 5.84. The fourth-order valence-corrected chi connectivity index (χ4v) is 3.60. The zero-order valence-corrected chi connectivity index (χ0v) is 15.8. The smallest absolute Gasteiger partial charge is 0.248 e. The Kier molecular flexibility index (Phi) is 4.36. The van der Waals surface area contributed by atoms with E-state index in [1.807, 2.05) is 24.0 Å². The number of H-pyrrole nitrogens is 1. The van der Waals surface area contributed by atoms with Crippen molar-refractivity contribution in [3.05, 3.63) is 81.1 Å². The van der Waals surface area contributed by atoms with E-state index in [1.54, 1.807) is 6.20 Å². The van der Waals surface area contributed by atoms with Gasteiger partial charge in [-0.15, -0.1) is 0 Å². The Balaban J connectivity index is 1.92. The minimum atomic E-state index is -1.05. The minimum absolute atomic E-state index is 0.123. The Morgan fingerprint density at radius 3 is 2.79 bits per heavy atom. The third-order valence-corrected chi connectivity index (χ3v) is 4.92. The Hall–Kier alpha value is -3.24. The van der Waals surface area contributed by atoms with Gasteiger partial charge in [-0.2, -0.15) is 0 Å². The average molecular weight is 379 g/mol. The van der Waals surface area contributed by atoms with Crippen LogP contribution in [0.3, 0.4) is 0 Å². The summed E-state index contributed by atoms with van der Waals surface area (Å²) in [5, 5.41) is 0.463. The second kappa shape index (κ2) is 6.73. The fourth-order valence-electron chi connectivity index (χ4n) is 3.60. The molecule has 1 aliphatic rings. The quantitative estimate of drug-likeness (QED) is 0.668. The monoisotopic (exact) mass is 379 g/mol. The molecule has 2 aromatic heterocycles. The van der Waals surface area contributed by atoms with Gasteiger partial charge in [-0.1, -0.05) is 19.6 Å². The highest BCUT2D eigenvalue weighted by Crippen LogP contribution is 2.35. The Morgan fingerprint density at radius 1 is 1.25 bits per heavy atom.